The molecule has 0 spiro atoms. The normalized spacial score (nSPS) is 13.0. The number of aromatic nitrogens is 3. The molecule has 1 aromatic heterocycles. The second-order valence-corrected chi connectivity index (χ2v) is 8.04. The zero-order valence-corrected chi connectivity index (χ0v) is 15.7. The van der Waals surface area contributed by atoms with Crippen LogP contribution < -0.4 is 5.32 Å². The average Bonchev–Trinajstić information content (AvgIpc) is 2.95. The number of para-hydroxylation sites is 1. The number of rotatable bonds is 4. The van der Waals surface area contributed by atoms with Gasteiger partial charge in [-0.1, -0.05) is 56.5 Å². The van der Waals surface area contributed by atoms with E-state index in [1.165, 1.54) is 4.68 Å². The summed E-state index contributed by atoms with van der Waals surface area (Å²) in [6.07, 6.45) is -0.788. The van der Waals surface area contributed by atoms with Gasteiger partial charge in [0.2, 0.25) is 0 Å². The Labute approximate surface area is 157 Å². The van der Waals surface area contributed by atoms with Crippen LogP contribution >= 0.6 is 39.1 Å². The largest absolute Gasteiger partial charge is 0.328 e. The number of carbonyl (C=O) groups excluding carboxylic acids is 1. The zero-order valence-electron chi connectivity index (χ0n) is 12.6. The summed E-state index contributed by atoms with van der Waals surface area (Å²) < 4.78 is 1.12. The van der Waals surface area contributed by atoms with Crippen molar-refractivity contribution in [3.63, 3.8) is 0 Å². The van der Waals surface area contributed by atoms with E-state index in [4.69, 9.17) is 23.2 Å². The third kappa shape index (κ3) is 3.55. The third-order valence-electron chi connectivity index (χ3n) is 3.48. The zero-order chi connectivity index (χ0) is 17.3. The van der Waals surface area contributed by atoms with Gasteiger partial charge in [0, 0.05) is 10.0 Å². The Balaban J connectivity index is 1.96. The molecule has 0 aliphatic carbocycles. The molecule has 1 unspecified atom stereocenters. The Bertz CT molecular complexity index is 874. The molecule has 0 aliphatic heterocycles. The van der Waals surface area contributed by atoms with Crippen LogP contribution in [-0.4, -0.2) is 25.2 Å². The van der Waals surface area contributed by atoms with Gasteiger partial charge in [-0.3, -0.25) is 4.79 Å². The predicted molar refractivity (Wildman–Crippen MR) is 98.3 cm³/mol. The molecule has 1 amide bonds. The van der Waals surface area contributed by atoms with Gasteiger partial charge >= 0.3 is 0 Å². The molecule has 2 aromatic carbocycles. The minimum absolute atomic E-state index is 0.306. The Kier molecular flexibility index (Phi) is 4.80. The second-order valence-electron chi connectivity index (χ2n) is 5.36. The smallest absolute Gasteiger partial charge is 0.253 e. The molecule has 1 heterocycles. The van der Waals surface area contributed by atoms with E-state index >= 15 is 0 Å². The molecule has 1 atom stereocenters. The molecule has 1 N–H and O–H groups in total. The fourth-order valence-corrected chi connectivity index (χ4v) is 2.85. The molecule has 0 saturated carbocycles. The lowest BCUT2D eigenvalue weighted by Crippen LogP contribution is -2.42. The lowest BCUT2D eigenvalue weighted by Gasteiger charge is -2.27. The van der Waals surface area contributed by atoms with E-state index < -0.39 is 10.5 Å². The van der Waals surface area contributed by atoms with E-state index in [0.717, 1.165) is 9.99 Å². The number of fused-ring (bicyclic) bond motifs is 1. The molecule has 124 valence electrons. The standard InChI is InChI=1S/C16H13BrCl2N4O/c1-16(18,19)15(20-14(24)10-6-8-11(17)9-7-10)23-13-5-3-2-4-12(13)21-22-23/h2-9,15H,1H3,(H,20,24). The Morgan fingerprint density at radius 3 is 2.54 bits per heavy atom. The van der Waals surface area contributed by atoms with Gasteiger partial charge in [0.05, 0.1) is 5.52 Å². The van der Waals surface area contributed by atoms with Crippen LogP contribution in [0.25, 0.3) is 11.0 Å². The maximum Gasteiger partial charge on any atom is 0.253 e. The van der Waals surface area contributed by atoms with Gasteiger partial charge in [0.15, 0.2) is 10.5 Å². The minimum atomic E-state index is -1.29. The topological polar surface area (TPSA) is 59.8 Å². The van der Waals surface area contributed by atoms with Crippen LogP contribution in [0.4, 0.5) is 0 Å². The maximum atomic E-state index is 12.5. The van der Waals surface area contributed by atoms with E-state index in [2.05, 4.69) is 31.6 Å². The van der Waals surface area contributed by atoms with Crippen molar-refractivity contribution < 1.29 is 4.79 Å². The highest BCUT2D eigenvalue weighted by Gasteiger charge is 2.35. The SMILES string of the molecule is CC(Cl)(Cl)C(NC(=O)c1ccc(Br)cc1)n1nnc2ccccc21. The van der Waals surface area contributed by atoms with E-state index in [9.17, 15) is 4.79 Å². The summed E-state index contributed by atoms with van der Waals surface area (Å²) in [5.41, 5.74) is 1.91. The number of nitrogens with zero attached hydrogens (tertiary/aromatic N) is 3. The van der Waals surface area contributed by atoms with Crippen LogP contribution in [0.1, 0.15) is 23.4 Å². The van der Waals surface area contributed by atoms with Crippen LogP contribution in [0.3, 0.4) is 0 Å². The van der Waals surface area contributed by atoms with Crippen molar-refractivity contribution in [2.75, 3.05) is 0 Å². The van der Waals surface area contributed by atoms with Crippen LogP contribution in [0, 0.1) is 0 Å². The van der Waals surface area contributed by atoms with Gasteiger partial charge in [0.1, 0.15) is 5.52 Å². The van der Waals surface area contributed by atoms with Crippen LogP contribution in [0.5, 0.6) is 0 Å². The fraction of sp³-hybridized carbons (Fsp3) is 0.188. The fourth-order valence-electron chi connectivity index (χ4n) is 2.29. The summed E-state index contributed by atoms with van der Waals surface area (Å²) in [7, 11) is 0. The Morgan fingerprint density at radius 2 is 1.88 bits per heavy atom. The van der Waals surface area contributed by atoms with E-state index in [1.54, 1.807) is 31.2 Å². The van der Waals surface area contributed by atoms with Gasteiger partial charge in [-0.05, 0) is 43.3 Å². The summed E-state index contributed by atoms with van der Waals surface area (Å²) in [6, 6.07) is 14.4. The lowest BCUT2D eigenvalue weighted by atomic mass is 10.2. The predicted octanol–water partition coefficient (Wildman–Crippen LogP) is 4.32. The first-order chi connectivity index (χ1) is 11.4. The third-order valence-corrected chi connectivity index (χ3v) is 4.42. The molecule has 0 bridgehead atoms. The average molecular weight is 428 g/mol. The van der Waals surface area contributed by atoms with E-state index in [-0.39, 0.29) is 5.91 Å². The summed E-state index contributed by atoms with van der Waals surface area (Å²) in [4.78, 5) is 12.5. The first-order valence-electron chi connectivity index (χ1n) is 7.10. The number of nitrogens with one attached hydrogen (secondary N) is 1. The van der Waals surface area contributed by atoms with Crippen molar-refractivity contribution in [1.29, 1.82) is 0 Å². The maximum absolute atomic E-state index is 12.5. The summed E-state index contributed by atoms with van der Waals surface area (Å²) in [5, 5.41) is 11.0. The van der Waals surface area contributed by atoms with Crippen molar-refractivity contribution in [2.45, 2.75) is 17.4 Å². The number of benzene rings is 2. The first kappa shape index (κ1) is 17.2. The van der Waals surface area contributed by atoms with Gasteiger partial charge in [-0.25, -0.2) is 4.68 Å². The Morgan fingerprint density at radius 1 is 1.21 bits per heavy atom. The van der Waals surface area contributed by atoms with Gasteiger partial charge < -0.3 is 5.32 Å². The highest BCUT2D eigenvalue weighted by atomic mass is 79.9. The molecule has 24 heavy (non-hydrogen) atoms. The molecule has 3 rings (SSSR count). The van der Waals surface area contributed by atoms with Gasteiger partial charge in [-0.2, -0.15) is 0 Å². The van der Waals surface area contributed by atoms with Crippen molar-refractivity contribution >= 4 is 56.1 Å². The molecule has 8 heteroatoms. The van der Waals surface area contributed by atoms with Crippen LogP contribution in [0.15, 0.2) is 53.0 Å². The summed E-state index contributed by atoms with van der Waals surface area (Å²) in [5.74, 6) is -0.306. The number of amides is 1. The second kappa shape index (κ2) is 6.70. The summed E-state index contributed by atoms with van der Waals surface area (Å²) >= 11 is 15.9. The molecule has 0 radical (unpaired) electrons. The Hall–Kier alpha value is -1.63. The molecule has 0 saturated heterocycles. The number of carbonyl (C=O) groups is 1. The lowest BCUT2D eigenvalue weighted by molar-refractivity contribution is 0.0911. The molecular formula is C16H13BrCl2N4O. The van der Waals surface area contributed by atoms with Gasteiger partial charge in [0.25, 0.3) is 5.91 Å². The highest BCUT2D eigenvalue weighted by Crippen LogP contribution is 2.33. The van der Waals surface area contributed by atoms with Crippen LogP contribution in [0.2, 0.25) is 0 Å². The summed E-state index contributed by atoms with van der Waals surface area (Å²) in [6.45, 7) is 1.60. The monoisotopic (exact) mass is 426 g/mol. The minimum Gasteiger partial charge on any atom is -0.328 e. The first-order valence-corrected chi connectivity index (χ1v) is 8.65. The van der Waals surface area contributed by atoms with Crippen LogP contribution in [-0.2, 0) is 0 Å². The number of alkyl halides is 2. The molecule has 5 nitrogen and oxygen atoms in total. The van der Waals surface area contributed by atoms with Crippen molar-refractivity contribution in [3.8, 4) is 0 Å². The van der Waals surface area contributed by atoms with Gasteiger partial charge in [-0.15, -0.1) is 5.10 Å². The molecule has 3 aromatic rings. The molecule has 0 aliphatic rings. The highest BCUT2D eigenvalue weighted by molar-refractivity contribution is 9.10. The molecule has 0 fully saturated rings. The van der Waals surface area contributed by atoms with E-state index in [1.807, 2.05) is 24.3 Å². The number of hydrogen-bond acceptors (Lipinski definition) is 3. The number of hydrogen-bond donors (Lipinski definition) is 1. The number of halogens is 3. The van der Waals surface area contributed by atoms with E-state index in [0.29, 0.717) is 11.1 Å². The quantitative estimate of drug-likeness (QED) is 0.631. The van der Waals surface area contributed by atoms with Crippen molar-refractivity contribution in [2.24, 2.45) is 0 Å². The van der Waals surface area contributed by atoms with Crippen molar-refractivity contribution in [3.05, 3.63) is 58.6 Å². The van der Waals surface area contributed by atoms with Crippen molar-refractivity contribution in [1.82, 2.24) is 20.3 Å². The molecular weight excluding hydrogens is 415 g/mol.